The summed E-state index contributed by atoms with van der Waals surface area (Å²) in [5.74, 6) is -0.476. The van der Waals surface area contributed by atoms with E-state index >= 15 is 0 Å². The van der Waals surface area contributed by atoms with Gasteiger partial charge in [-0.25, -0.2) is 15.0 Å². The Balaban J connectivity index is 1.71. The minimum atomic E-state index is -0.630. The van der Waals surface area contributed by atoms with E-state index in [9.17, 15) is 9.59 Å². The van der Waals surface area contributed by atoms with Gasteiger partial charge in [-0.1, -0.05) is 18.2 Å². The van der Waals surface area contributed by atoms with Crippen molar-refractivity contribution in [3.05, 3.63) is 46.4 Å². The number of benzene rings is 1. The summed E-state index contributed by atoms with van der Waals surface area (Å²) >= 11 is 1.49. The average Bonchev–Trinajstić information content (AvgIpc) is 3.01. The molecule has 1 aliphatic heterocycles. The molecule has 8 heteroatoms. The van der Waals surface area contributed by atoms with E-state index in [0.29, 0.717) is 12.2 Å². The molecule has 0 fully saturated rings. The van der Waals surface area contributed by atoms with Crippen LogP contribution in [0.2, 0.25) is 0 Å². The molecule has 3 rings (SSSR count). The first-order chi connectivity index (χ1) is 11.5. The maximum Gasteiger partial charge on any atom is 0.288 e. The Morgan fingerprint density at radius 2 is 2.12 bits per heavy atom. The van der Waals surface area contributed by atoms with E-state index in [1.807, 2.05) is 30.5 Å². The molecule has 1 aromatic heterocycles. The highest BCUT2D eigenvalue weighted by molar-refractivity contribution is 7.09. The lowest BCUT2D eigenvalue weighted by Gasteiger charge is -2.30. The van der Waals surface area contributed by atoms with Crippen LogP contribution >= 0.6 is 11.3 Å². The Morgan fingerprint density at radius 1 is 1.38 bits per heavy atom. The van der Waals surface area contributed by atoms with E-state index in [0.717, 1.165) is 10.7 Å². The second-order valence-corrected chi connectivity index (χ2v) is 6.28. The first-order valence-corrected chi connectivity index (χ1v) is 8.35. The molecular formula is C16H17N5O2S. The number of hydrogen-bond acceptors (Lipinski definition) is 6. The van der Waals surface area contributed by atoms with Crippen molar-refractivity contribution >= 4 is 34.7 Å². The Bertz CT molecular complexity index is 787. The maximum atomic E-state index is 12.3. The van der Waals surface area contributed by atoms with Gasteiger partial charge in [0.2, 0.25) is 5.84 Å². The van der Waals surface area contributed by atoms with Crippen LogP contribution in [-0.2, 0) is 16.1 Å². The number of thiazole rings is 1. The van der Waals surface area contributed by atoms with Crippen molar-refractivity contribution < 1.29 is 9.59 Å². The topological polar surface area (TPSA) is 86.7 Å². The summed E-state index contributed by atoms with van der Waals surface area (Å²) in [6.45, 7) is 3.89. The maximum absolute atomic E-state index is 12.3. The SMILES string of the molecule is Cc1csc(CNC(=O)C2=N[C@H](C)C(=O)N(c3ccccc3)N2)n1. The fraction of sp³-hybridized carbons (Fsp3) is 0.250. The quantitative estimate of drug-likeness (QED) is 0.879. The number of aromatic nitrogens is 1. The van der Waals surface area contributed by atoms with Gasteiger partial charge in [-0.3, -0.25) is 15.0 Å². The van der Waals surface area contributed by atoms with Gasteiger partial charge in [0.1, 0.15) is 11.0 Å². The molecule has 124 valence electrons. The molecule has 2 aromatic rings. The number of amides is 2. The smallest absolute Gasteiger partial charge is 0.288 e. The van der Waals surface area contributed by atoms with E-state index < -0.39 is 6.04 Å². The molecule has 1 aliphatic rings. The monoisotopic (exact) mass is 343 g/mol. The summed E-state index contributed by atoms with van der Waals surface area (Å²) in [5, 5.41) is 6.86. The van der Waals surface area contributed by atoms with Gasteiger partial charge in [0.25, 0.3) is 11.8 Å². The number of anilines is 1. The largest absolute Gasteiger partial charge is 0.343 e. The van der Waals surface area contributed by atoms with Gasteiger partial charge in [0.05, 0.1) is 12.2 Å². The van der Waals surface area contributed by atoms with Crippen molar-refractivity contribution in [3.8, 4) is 0 Å². The zero-order valence-electron chi connectivity index (χ0n) is 13.3. The number of aryl methyl sites for hydroxylation is 1. The molecule has 1 atom stereocenters. The summed E-state index contributed by atoms with van der Waals surface area (Å²) in [4.78, 5) is 33.1. The number of para-hydroxylation sites is 1. The third kappa shape index (κ3) is 3.43. The minimum absolute atomic E-state index is 0.110. The van der Waals surface area contributed by atoms with Crippen LogP contribution in [0.1, 0.15) is 17.6 Å². The zero-order chi connectivity index (χ0) is 17.1. The molecule has 1 aromatic carbocycles. The molecule has 2 N–H and O–H groups in total. The molecule has 0 unspecified atom stereocenters. The summed E-state index contributed by atoms with van der Waals surface area (Å²) in [7, 11) is 0. The van der Waals surface area contributed by atoms with E-state index in [2.05, 4.69) is 20.7 Å². The highest BCUT2D eigenvalue weighted by Gasteiger charge is 2.30. The number of nitrogens with zero attached hydrogens (tertiary/aromatic N) is 3. The highest BCUT2D eigenvalue weighted by atomic mass is 32.1. The van der Waals surface area contributed by atoms with Crippen LogP contribution in [-0.4, -0.2) is 28.7 Å². The number of hydrazine groups is 1. The van der Waals surface area contributed by atoms with Gasteiger partial charge >= 0.3 is 0 Å². The molecule has 7 nitrogen and oxygen atoms in total. The molecule has 0 aliphatic carbocycles. The highest BCUT2D eigenvalue weighted by Crippen LogP contribution is 2.16. The van der Waals surface area contributed by atoms with Crippen molar-refractivity contribution in [2.75, 3.05) is 5.01 Å². The van der Waals surface area contributed by atoms with Gasteiger partial charge in [0, 0.05) is 11.1 Å². The second kappa shape index (κ2) is 6.79. The van der Waals surface area contributed by atoms with Crippen LogP contribution in [0.5, 0.6) is 0 Å². The lowest BCUT2D eigenvalue weighted by molar-refractivity contribution is -0.120. The second-order valence-electron chi connectivity index (χ2n) is 5.34. The molecule has 0 radical (unpaired) electrons. The van der Waals surface area contributed by atoms with Gasteiger partial charge in [0.15, 0.2) is 0 Å². The zero-order valence-corrected chi connectivity index (χ0v) is 14.1. The Kier molecular flexibility index (Phi) is 4.57. The third-order valence-electron chi connectivity index (χ3n) is 3.41. The molecule has 24 heavy (non-hydrogen) atoms. The minimum Gasteiger partial charge on any atom is -0.343 e. The number of carbonyl (C=O) groups excluding carboxylic acids is 2. The fourth-order valence-electron chi connectivity index (χ4n) is 2.23. The molecule has 2 amide bonds. The van der Waals surface area contributed by atoms with Gasteiger partial charge in [-0.15, -0.1) is 11.3 Å². The molecule has 2 heterocycles. The van der Waals surface area contributed by atoms with E-state index in [-0.39, 0.29) is 17.6 Å². The lowest BCUT2D eigenvalue weighted by Crippen LogP contribution is -2.57. The first-order valence-electron chi connectivity index (χ1n) is 7.47. The van der Waals surface area contributed by atoms with Crippen molar-refractivity contribution in [2.45, 2.75) is 26.4 Å². The molecule has 0 saturated heterocycles. The van der Waals surface area contributed by atoms with Gasteiger partial charge in [-0.05, 0) is 26.0 Å². The van der Waals surface area contributed by atoms with Gasteiger partial charge in [-0.2, -0.15) is 0 Å². The van der Waals surface area contributed by atoms with E-state index in [4.69, 9.17) is 0 Å². The summed E-state index contributed by atoms with van der Waals surface area (Å²) < 4.78 is 0. The first kappa shape index (κ1) is 16.1. The molecular weight excluding hydrogens is 326 g/mol. The standard InChI is InChI=1S/C16H17N5O2S/c1-10-9-24-13(18-10)8-17-15(22)14-19-11(2)16(23)21(20-14)12-6-4-3-5-7-12/h3-7,9,11H,8H2,1-2H3,(H,17,22)(H,19,20)/t11-/m1/s1. The predicted octanol–water partition coefficient (Wildman–Crippen LogP) is 1.41. The number of hydrogen-bond donors (Lipinski definition) is 2. The predicted molar refractivity (Wildman–Crippen MR) is 92.7 cm³/mol. The van der Waals surface area contributed by atoms with E-state index in [1.165, 1.54) is 16.3 Å². The molecule has 0 spiro atoms. The van der Waals surface area contributed by atoms with Crippen molar-refractivity contribution in [1.29, 1.82) is 0 Å². The van der Waals surface area contributed by atoms with Gasteiger partial charge < -0.3 is 5.32 Å². The summed E-state index contributed by atoms with van der Waals surface area (Å²) in [5.41, 5.74) is 4.38. The number of aliphatic imine (C=N–C) groups is 1. The Labute approximate surface area is 143 Å². The Hall–Kier alpha value is -2.74. The molecule has 0 bridgehead atoms. The summed E-state index contributed by atoms with van der Waals surface area (Å²) in [6.07, 6.45) is 0. The normalized spacial score (nSPS) is 17.2. The van der Waals surface area contributed by atoms with Crippen LogP contribution in [0, 0.1) is 6.92 Å². The fourth-order valence-corrected chi connectivity index (χ4v) is 2.94. The van der Waals surface area contributed by atoms with Crippen LogP contribution in [0.15, 0.2) is 40.7 Å². The number of amidine groups is 1. The lowest BCUT2D eigenvalue weighted by atomic mass is 10.2. The van der Waals surface area contributed by atoms with Crippen LogP contribution in [0.4, 0.5) is 5.69 Å². The molecule has 0 saturated carbocycles. The van der Waals surface area contributed by atoms with Crippen molar-refractivity contribution in [2.24, 2.45) is 4.99 Å². The third-order valence-corrected chi connectivity index (χ3v) is 4.38. The summed E-state index contributed by atoms with van der Waals surface area (Å²) in [6, 6.07) is 8.46. The number of carbonyl (C=O) groups is 2. The van der Waals surface area contributed by atoms with E-state index in [1.54, 1.807) is 19.1 Å². The average molecular weight is 343 g/mol. The van der Waals surface area contributed by atoms with Crippen molar-refractivity contribution in [1.82, 2.24) is 15.7 Å². The van der Waals surface area contributed by atoms with Crippen molar-refractivity contribution in [3.63, 3.8) is 0 Å². The number of nitrogens with one attached hydrogen (secondary N) is 2. The van der Waals surface area contributed by atoms with Crippen LogP contribution < -0.4 is 15.8 Å². The Morgan fingerprint density at radius 3 is 2.79 bits per heavy atom. The van der Waals surface area contributed by atoms with Crippen LogP contribution in [0.25, 0.3) is 0 Å². The van der Waals surface area contributed by atoms with Crippen LogP contribution in [0.3, 0.4) is 0 Å². The number of rotatable bonds is 4.